The molecule has 9 heteroatoms. The lowest BCUT2D eigenvalue weighted by atomic mass is 9.99. The number of Topliss-reactive ketones (excluding diaryl/α,β-unsaturated/α-hetero) is 1. The van der Waals surface area contributed by atoms with Crippen LogP contribution in [0.4, 0.5) is 10.8 Å². The Bertz CT molecular complexity index is 864. The molecular formula is C18H20N4O3S2. The van der Waals surface area contributed by atoms with Crippen LogP contribution in [0.15, 0.2) is 22.5 Å². The van der Waals surface area contributed by atoms with E-state index >= 15 is 0 Å². The topological polar surface area (TPSA) is 93.2 Å². The van der Waals surface area contributed by atoms with Gasteiger partial charge in [0.2, 0.25) is 11.0 Å². The van der Waals surface area contributed by atoms with E-state index in [2.05, 4.69) is 20.8 Å². The SMILES string of the molecule is C[C@@H]1C(=O)Nc2ccc(C(=O)CSc3nnc(NC[C@@H]4CCCO4)s3)cc21. The van der Waals surface area contributed by atoms with Gasteiger partial charge in [-0.05, 0) is 43.5 Å². The van der Waals surface area contributed by atoms with Gasteiger partial charge in [-0.1, -0.05) is 23.1 Å². The molecule has 1 amide bonds. The molecule has 3 heterocycles. The summed E-state index contributed by atoms with van der Waals surface area (Å²) in [4.78, 5) is 24.2. The number of carbonyl (C=O) groups excluding carboxylic acids is 2. The second-order valence-electron chi connectivity index (χ2n) is 6.61. The number of ketones is 1. The minimum absolute atomic E-state index is 0.0124. The fourth-order valence-electron chi connectivity index (χ4n) is 3.15. The molecule has 1 saturated heterocycles. The first kappa shape index (κ1) is 18.4. The number of carbonyl (C=O) groups is 2. The summed E-state index contributed by atoms with van der Waals surface area (Å²) in [5.41, 5.74) is 2.29. The summed E-state index contributed by atoms with van der Waals surface area (Å²) in [5, 5.41) is 15.1. The highest BCUT2D eigenvalue weighted by molar-refractivity contribution is 8.01. The molecule has 0 bridgehead atoms. The van der Waals surface area contributed by atoms with Gasteiger partial charge in [0.05, 0.1) is 17.8 Å². The molecule has 0 aliphatic carbocycles. The molecule has 0 saturated carbocycles. The third kappa shape index (κ3) is 4.15. The van der Waals surface area contributed by atoms with Gasteiger partial charge in [-0.25, -0.2) is 0 Å². The van der Waals surface area contributed by atoms with Crippen molar-refractivity contribution >= 4 is 45.6 Å². The van der Waals surface area contributed by atoms with Crippen LogP contribution < -0.4 is 10.6 Å². The summed E-state index contributed by atoms with van der Waals surface area (Å²) in [6.45, 7) is 3.41. The smallest absolute Gasteiger partial charge is 0.231 e. The lowest BCUT2D eigenvalue weighted by Gasteiger charge is -2.08. The minimum Gasteiger partial charge on any atom is -0.376 e. The van der Waals surface area contributed by atoms with Gasteiger partial charge < -0.3 is 15.4 Å². The van der Waals surface area contributed by atoms with Crippen LogP contribution in [0.5, 0.6) is 0 Å². The predicted octanol–water partition coefficient (Wildman–Crippen LogP) is 3.16. The molecule has 1 aromatic carbocycles. The van der Waals surface area contributed by atoms with Gasteiger partial charge in [-0.15, -0.1) is 10.2 Å². The van der Waals surface area contributed by atoms with Gasteiger partial charge in [0.15, 0.2) is 10.1 Å². The van der Waals surface area contributed by atoms with Crippen LogP contribution in [-0.4, -0.2) is 46.9 Å². The quantitative estimate of drug-likeness (QED) is 0.541. The molecule has 0 unspecified atom stereocenters. The maximum Gasteiger partial charge on any atom is 0.231 e. The summed E-state index contributed by atoms with van der Waals surface area (Å²) in [7, 11) is 0. The van der Waals surface area contributed by atoms with E-state index in [0.29, 0.717) is 5.56 Å². The van der Waals surface area contributed by atoms with Gasteiger partial charge in [0, 0.05) is 24.4 Å². The number of aromatic nitrogens is 2. The van der Waals surface area contributed by atoms with E-state index < -0.39 is 0 Å². The van der Waals surface area contributed by atoms with E-state index in [9.17, 15) is 9.59 Å². The average molecular weight is 405 g/mol. The number of hydrogen-bond donors (Lipinski definition) is 2. The molecule has 0 radical (unpaired) electrons. The Morgan fingerprint density at radius 1 is 1.44 bits per heavy atom. The Labute approximate surface area is 165 Å². The second kappa shape index (κ2) is 7.95. The Morgan fingerprint density at radius 3 is 3.15 bits per heavy atom. The highest BCUT2D eigenvalue weighted by Gasteiger charge is 2.27. The van der Waals surface area contributed by atoms with Crippen molar-refractivity contribution in [2.45, 2.75) is 36.1 Å². The van der Waals surface area contributed by atoms with Crippen LogP contribution in [-0.2, 0) is 9.53 Å². The fourth-order valence-corrected chi connectivity index (χ4v) is 4.80. The molecule has 2 N–H and O–H groups in total. The molecule has 0 spiro atoms. The van der Waals surface area contributed by atoms with Crippen molar-refractivity contribution in [2.75, 3.05) is 29.5 Å². The number of anilines is 2. The Balaban J connectivity index is 1.31. The van der Waals surface area contributed by atoms with E-state index in [-0.39, 0.29) is 29.5 Å². The van der Waals surface area contributed by atoms with Crippen LogP contribution >= 0.6 is 23.1 Å². The Hall–Kier alpha value is -1.97. The number of thioether (sulfide) groups is 1. The first-order valence-corrected chi connectivity index (χ1v) is 10.7. The maximum atomic E-state index is 12.5. The van der Waals surface area contributed by atoms with Crippen molar-refractivity contribution in [1.82, 2.24) is 10.2 Å². The summed E-state index contributed by atoms with van der Waals surface area (Å²) in [6, 6.07) is 5.37. The highest BCUT2D eigenvalue weighted by atomic mass is 32.2. The zero-order valence-electron chi connectivity index (χ0n) is 14.9. The molecular weight excluding hydrogens is 384 g/mol. The molecule has 1 fully saturated rings. The average Bonchev–Trinajstić information content (AvgIpc) is 3.40. The number of fused-ring (bicyclic) bond motifs is 1. The largest absolute Gasteiger partial charge is 0.376 e. The van der Waals surface area contributed by atoms with E-state index in [4.69, 9.17) is 4.74 Å². The number of amides is 1. The van der Waals surface area contributed by atoms with Gasteiger partial charge in [0.25, 0.3) is 0 Å². The zero-order chi connectivity index (χ0) is 18.8. The molecule has 142 valence electrons. The van der Waals surface area contributed by atoms with Crippen molar-refractivity contribution < 1.29 is 14.3 Å². The Kier molecular flexibility index (Phi) is 5.42. The van der Waals surface area contributed by atoms with E-state index in [1.54, 1.807) is 12.1 Å². The first-order valence-electron chi connectivity index (χ1n) is 8.90. The third-order valence-electron chi connectivity index (χ3n) is 4.73. The predicted molar refractivity (Wildman–Crippen MR) is 106 cm³/mol. The van der Waals surface area contributed by atoms with Crippen LogP contribution in [0.25, 0.3) is 0 Å². The lowest BCUT2D eigenvalue weighted by molar-refractivity contribution is -0.116. The van der Waals surface area contributed by atoms with Crippen LogP contribution in [0.1, 0.15) is 41.6 Å². The number of nitrogens with zero attached hydrogens (tertiary/aromatic N) is 2. The molecule has 2 aliphatic heterocycles. The normalized spacial score (nSPS) is 21.1. The Morgan fingerprint density at radius 2 is 2.33 bits per heavy atom. The number of ether oxygens (including phenoxy) is 1. The van der Waals surface area contributed by atoms with E-state index in [1.807, 2.05) is 13.0 Å². The van der Waals surface area contributed by atoms with Gasteiger partial charge >= 0.3 is 0 Å². The molecule has 4 rings (SSSR count). The van der Waals surface area contributed by atoms with Crippen LogP contribution in [0.3, 0.4) is 0 Å². The summed E-state index contributed by atoms with van der Waals surface area (Å²) in [5.74, 6) is 0.0508. The van der Waals surface area contributed by atoms with Gasteiger partial charge in [-0.2, -0.15) is 0 Å². The number of benzene rings is 1. The van der Waals surface area contributed by atoms with Gasteiger partial charge in [0.1, 0.15) is 0 Å². The highest BCUT2D eigenvalue weighted by Crippen LogP contribution is 2.33. The van der Waals surface area contributed by atoms with Crippen molar-refractivity contribution in [3.05, 3.63) is 29.3 Å². The lowest BCUT2D eigenvalue weighted by Crippen LogP contribution is -2.18. The molecule has 1 aromatic heterocycles. The first-order chi connectivity index (χ1) is 13.1. The maximum absolute atomic E-state index is 12.5. The minimum atomic E-state index is -0.221. The number of hydrogen-bond acceptors (Lipinski definition) is 8. The molecule has 2 atom stereocenters. The van der Waals surface area contributed by atoms with Crippen molar-refractivity contribution in [3.8, 4) is 0 Å². The molecule has 2 aliphatic rings. The summed E-state index contributed by atoms with van der Waals surface area (Å²) >= 11 is 2.82. The fraction of sp³-hybridized carbons (Fsp3) is 0.444. The summed E-state index contributed by atoms with van der Waals surface area (Å²) in [6.07, 6.45) is 2.43. The van der Waals surface area contributed by atoms with Gasteiger partial charge in [-0.3, -0.25) is 9.59 Å². The van der Waals surface area contributed by atoms with Crippen LogP contribution in [0.2, 0.25) is 0 Å². The van der Waals surface area contributed by atoms with Crippen LogP contribution in [0, 0.1) is 0 Å². The van der Waals surface area contributed by atoms with Crippen molar-refractivity contribution in [3.63, 3.8) is 0 Å². The molecule has 27 heavy (non-hydrogen) atoms. The number of rotatable bonds is 7. The second-order valence-corrected chi connectivity index (χ2v) is 8.81. The van der Waals surface area contributed by atoms with E-state index in [0.717, 1.165) is 46.7 Å². The third-order valence-corrected chi connectivity index (χ3v) is 6.74. The molecule has 7 nitrogen and oxygen atoms in total. The number of nitrogens with one attached hydrogen (secondary N) is 2. The van der Waals surface area contributed by atoms with Crippen molar-refractivity contribution in [2.24, 2.45) is 0 Å². The zero-order valence-corrected chi connectivity index (χ0v) is 16.5. The molecule has 2 aromatic rings. The van der Waals surface area contributed by atoms with Crippen molar-refractivity contribution in [1.29, 1.82) is 0 Å². The standard InChI is InChI=1S/C18H20N4O3S2/c1-10-13-7-11(4-5-14(13)20-16(10)24)15(23)9-26-18-22-21-17(27-18)19-8-12-3-2-6-25-12/h4-5,7,10,12H,2-3,6,8-9H2,1H3,(H,19,21)(H,20,24)/t10-,12-/m0/s1. The van der Waals surface area contributed by atoms with E-state index in [1.165, 1.54) is 23.1 Å². The summed E-state index contributed by atoms with van der Waals surface area (Å²) < 4.78 is 6.33. The monoisotopic (exact) mass is 404 g/mol.